The van der Waals surface area contributed by atoms with Gasteiger partial charge in [0, 0.05) is 12.2 Å². The Bertz CT molecular complexity index is 770. The lowest BCUT2D eigenvalue weighted by atomic mass is 10.0. The second-order valence-electron chi connectivity index (χ2n) is 6.30. The fourth-order valence-electron chi connectivity index (χ4n) is 3.38. The Labute approximate surface area is 160 Å². The number of carbonyl (C=O) groups excluding carboxylic acids is 4. The highest BCUT2D eigenvalue weighted by Gasteiger charge is 2.57. The van der Waals surface area contributed by atoms with Gasteiger partial charge in [0.2, 0.25) is 5.91 Å². The molecular formula is C18H20N2O6S. The minimum absolute atomic E-state index is 0.113. The average Bonchev–Trinajstić information content (AvgIpc) is 3.21. The maximum absolute atomic E-state index is 12.7. The van der Waals surface area contributed by atoms with Crippen molar-refractivity contribution in [2.45, 2.75) is 36.8 Å². The smallest absolute Gasteiger partial charge is 0.413 e. The van der Waals surface area contributed by atoms with Crippen molar-refractivity contribution in [3.8, 4) is 0 Å². The fraction of sp³-hybridized carbons (Fsp3) is 0.444. The molecule has 0 spiro atoms. The molecule has 2 aliphatic rings. The lowest BCUT2D eigenvalue weighted by Gasteiger charge is -2.33. The number of amides is 3. The van der Waals surface area contributed by atoms with Crippen LogP contribution in [0.1, 0.15) is 25.3 Å². The topological polar surface area (TPSA) is 102 Å². The molecule has 9 heteroatoms. The van der Waals surface area contributed by atoms with E-state index < -0.39 is 35.0 Å². The van der Waals surface area contributed by atoms with E-state index in [1.807, 2.05) is 35.6 Å². The van der Waals surface area contributed by atoms with Gasteiger partial charge in [0.05, 0.1) is 7.11 Å². The molecule has 0 radical (unpaired) electrons. The predicted octanol–water partition coefficient (Wildman–Crippen LogP) is 1.39. The van der Waals surface area contributed by atoms with E-state index >= 15 is 0 Å². The van der Waals surface area contributed by atoms with Crippen molar-refractivity contribution in [2.24, 2.45) is 0 Å². The van der Waals surface area contributed by atoms with Gasteiger partial charge in [-0.05, 0) is 18.9 Å². The molecule has 1 aromatic carbocycles. The maximum Gasteiger partial charge on any atom is 0.413 e. The van der Waals surface area contributed by atoms with Crippen LogP contribution < -0.4 is 5.32 Å². The molecule has 8 nitrogen and oxygen atoms in total. The monoisotopic (exact) mass is 392 g/mol. The molecular weight excluding hydrogens is 372 g/mol. The number of methoxy groups -OCH3 is 1. The number of hydrogen-bond donors (Lipinski definition) is 1. The van der Waals surface area contributed by atoms with Gasteiger partial charge in [-0.1, -0.05) is 30.3 Å². The van der Waals surface area contributed by atoms with E-state index in [0.717, 1.165) is 12.7 Å². The zero-order chi connectivity index (χ0) is 19.6. The minimum Gasteiger partial charge on any atom is -0.453 e. The quantitative estimate of drug-likeness (QED) is 0.773. The van der Waals surface area contributed by atoms with Crippen LogP contribution in [-0.2, 0) is 28.7 Å². The van der Waals surface area contributed by atoms with Crippen molar-refractivity contribution in [3.05, 3.63) is 35.9 Å². The first-order valence-corrected chi connectivity index (χ1v) is 9.48. The summed E-state index contributed by atoms with van der Waals surface area (Å²) >= 11 is 1.53. The van der Waals surface area contributed by atoms with Gasteiger partial charge in [0.15, 0.2) is 6.10 Å². The van der Waals surface area contributed by atoms with Crippen molar-refractivity contribution in [3.63, 3.8) is 0 Å². The Morgan fingerprint density at radius 3 is 2.67 bits per heavy atom. The summed E-state index contributed by atoms with van der Waals surface area (Å²) in [4.78, 5) is 49.1. The number of ether oxygens (including phenoxy) is 2. The molecule has 3 rings (SSSR count). The van der Waals surface area contributed by atoms with Crippen LogP contribution in [0.4, 0.5) is 4.79 Å². The van der Waals surface area contributed by atoms with Crippen LogP contribution in [0.3, 0.4) is 0 Å². The number of nitrogens with zero attached hydrogens (tertiary/aromatic N) is 1. The predicted molar refractivity (Wildman–Crippen MR) is 96.5 cm³/mol. The molecule has 0 unspecified atom stereocenters. The molecule has 2 heterocycles. The van der Waals surface area contributed by atoms with E-state index in [2.05, 4.69) is 4.74 Å². The number of alkyl carbamates (subject to hydrolysis) is 1. The molecule has 0 aliphatic carbocycles. The van der Waals surface area contributed by atoms with Crippen molar-refractivity contribution < 1.29 is 28.7 Å². The Hall–Kier alpha value is -2.55. The highest BCUT2D eigenvalue weighted by atomic mass is 32.2. The van der Waals surface area contributed by atoms with Gasteiger partial charge in [0.25, 0.3) is 5.91 Å². The normalized spacial score (nSPS) is 24.9. The first kappa shape index (κ1) is 19.2. The lowest BCUT2D eigenvalue weighted by molar-refractivity contribution is -0.161. The van der Waals surface area contributed by atoms with Crippen LogP contribution in [0, 0.1) is 0 Å². The second kappa shape index (κ2) is 7.59. The van der Waals surface area contributed by atoms with Gasteiger partial charge in [-0.3, -0.25) is 14.9 Å². The summed E-state index contributed by atoms with van der Waals surface area (Å²) in [6.45, 7) is 1.36. The van der Waals surface area contributed by atoms with E-state index in [4.69, 9.17) is 4.74 Å². The summed E-state index contributed by atoms with van der Waals surface area (Å²) in [6, 6.07) is 8.80. The van der Waals surface area contributed by atoms with Gasteiger partial charge >= 0.3 is 12.1 Å². The summed E-state index contributed by atoms with van der Waals surface area (Å²) in [5.74, 6) is -1.19. The van der Waals surface area contributed by atoms with Crippen molar-refractivity contribution in [1.29, 1.82) is 0 Å². The highest BCUT2D eigenvalue weighted by Crippen LogP contribution is 2.54. The van der Waals surface area contributed by atoms with E-state index in [9.17, 15) is 19.2 Å². The van der Waals surface area contributed by atoms with Crippen LogP contribution in [0.2, 0.25) is 0 Å². The summed E-state index contributed by atoms with van der Waals surface area (Å²) in [6.07, 6.45) is -1.16. The largest absolute Gasteiger partial charge is 0.453 e. The van der Waals surface area contributed by atoms with Crippen LogP contribution in [-0.4, -0.2) is 53.8 Å². The van der Waals surface area contributed by atoms with Gasteiger partial charge in [-0.15, -0.1) is 11.8 Å². The van der Waals surface area contributed by atoms with Gasteiger partial charge in [-0.25, -0.2) is 9.59 Å². The van der Waals surface area contributed by atoms with Gasteiger partial charge in [-0.2, -0.15) is 0 Å². The second-order valence-corrected chi connectivity index (χ2v) is 7.60. The molecule has 0 aromatic heterocycles. The number of carbonyl (C=O) groups is 4. The number of thioether (sulfide) groups is 1. The Morgan fingerprint density at radius 2 is 2.00 bits per heavy atom. The molecule has 1 N–H and O–H groups in total. The number of fused-ring (bicyclic) bond motifs is 1. The van der Waals surface area contributed by atoms with Crippen molar-refractivity contribution in [2.75, 3.05) is 12.9 Å². The standard InChI is InChI=1S/C18H20N2O6S/c1-11(15(22)19-17(24)25-2)26-16(23)13-10-27-18(9-8-14(21)20(13)18)12-6-4-3-5-7-12/h3-7,11,13H,8-10H2,1-2H3,(H,19,22,24)/t11-,13+,18+/m0/s1. The summed E-state index contributed by atoms with van der Waals surface area (Å²) < 4.78 is 9.55. The molecule has 0 bridgehead atoms. The first-order chi connectivity index (χ1) is 12.9. The molecule has 1 aromatic rings. The molecule has 27 heavy (non-hydrogen) atoms. The third-order valence-electron chi connectivity index (χ3n) is 4.70. The lowest BCUT2D eigenvalue weighted by Crippen LogP contribution is -2.48. The summed E-state index contributed by atoms with van der Waals surface area (Å²) in [5, 5.41) is 1.95. The van der Waals surface area contributed by atoms with Crippen molar-refractivity contribution in [1.82, 2.24) is 10.2 Å². The van der Waals surface area contributed by atoms with Crippen LogP contribution >= 0.6 is 11.8 Å². The molecule has 144 valence electrons. The summed E-state index contributed by atoms with van der Waals surface area (Å²) in [7, 11) is 1.12. The molecule has 3 amide bonds. The third-order valence-corrected chi connectivity index (χ3v) is 6.29. The third kappa shape index (κ3) is 3.51. The van der Waals surface area contributed by atoms with E-state index in [1.54, 1.807) is 4.90 Å². The number of rotatable bonds is 4. The average molecular weight is 392 g/mol. The van der Waals surface area contributed by atoms with Gasteiger partial charge < -0.3 is 14.4 Å². The number of nitrogens with one attached hydrogen (secondary N) is 1. The summed E-state index contributed by atoms with van der Waals surface area (Å²) in [5.41, 5.74) is 0.965. The molecule has 2 saturated heterocycles. The molecule has 0 saturated carbocycles. The Kier molecular flexibility index (Phi) is 5.41. The first-order valence-electron chi connectivity index (χ1n) is 8.50. The van der Waals surface area contributed by atoms with Gasteiger partial charge in [0.1, 0.15) is 10.9 Å². The van der Waals surface area contributed by atoms with E-state index in [-0.39, 0.29) is 5.91 Å². The number of hydrogen-bond acceptors (Lipinski definition) is 7. The molecule has 2 aliphatic heterocycles. The number of imide groups is 1. The zero-order valence-electron chi connectivity index (χ0n) is 15.0. The fourth-order valence-corrected chi connectivity index (χ4v) is 5.01. The van der Waals surface area contributed by atoms with Crippen LogP contribution in [0.5, 0.6) is 0 Å². The van der Waals surface area contributed by atoms with E-state index in [1.165, 1.54) is 18.7 Å². The van der Waals surface area contributed by atoms with Crippen LogP contribution in [0.15, 0.2) is 30.3 Å². The number of esters is 1. The Morgan fingerprint density at radius 1 is 1.30 bits per heavy atom. The van der Waals surface area contributed by atoms with Crippen molar-refractivity contribution >= 4 is 35.6 Å². The molecule has 3 atom stereocenters. The SMILES string of the molecule is COC(=O)NC(=O)[C@H](C)OC(=O)[C@H]1CS[C@@]2(c3ccccc3)CCC(=O)N12. The molecule has 2 fully saturated rings. The van der Waals surface area contributed by atoms with Crippen LogP contribution in [0.25, 0.3) is 0 Å². The number of benzene rings is 1. The van der Waals surface area contributed by atoms with E-state index in [0.29, 0.717) is 18.6 Å². The minimum atomic E-state index is -1.19. The zero-order valence-corrected chi connectivity index (χ0v) is 15.8. The Balaban J connectivity index is 1.74. The maximum atomic E-state index is 12.7. The highest BCUT2D eigenvalue weighted by molar-refractivity contribution is 8.00.